The lowest BCUT2D eigenvalue weighted by Crippen LogP contribution is -2.44. The predicted octanol–water partition coefficient (Wildman–Crippen LogP) is 4.16. The minimum atomic E-state index is -4.13. The molecule has 3 rings (SSSR count). The summed E-state index contributed by atoms with van der Waals surface area (Å²) >= 11 is 0. The van der Waals surface area contributed by atoms with Gasteiger partial charge in [-0.25, -0.2) is 12.8 Å². The van der Waals surface area contributed by atoms with Crippen molar-refractivity contribution in [3.05, 3.63) is 96.3 Å². The van der Waals surface area contributed by atoms with Crippen LogP contribution in [-0.4, -0.2) is 26.9 Å². The van der Waals surface area contributed by atoms with Crippen molar-refractivity contribution in [1.29, 1.82) is 0 Å². The van der Waals surface area contributed by atoms with Gasteiger partial charge in [0.15, 0.2) is 0 Å². The van der Waals surface area contributed by atoms with Gasteiger partial charge < -0.3 is 5.32 Å². The normalized spacial score (nSPS) is 12.2. The fourth-order valence-corrected chi connectivity index (χ4v) is 4.67. The molecule has 0 spiro atoms. The number of para-hydroxylation sites is 1. The third-order valence-corrected chi connectivity index (χ3v) is 6.63. The Balaban J connectivity index is 1.76. The van der Waals surface area contributed by atoms with E-state index in [1.807, 2.05) is 37.3 Å². The number of aryl methyl sites for hydroxylation is 1. The summed E-state index contributed by atoms with van der Waals surface area (Å²) in [6.07, 6.45) is 1.47. The van der Waals surface area contributed by atoms with E-state index >= 15 is 0 Å². The van der Waals surface area contributed by atoms with E-state index in [0.29, 0.717) is 6.42 Å². The Hall–Kier alpha value is -3.19. The van der Waals surface area contributed by atoms with Crippen LogP contribution >= 0.6 is 0 Å². The van der Waals surface area contributed by atoms with Crippen LogP contribution in [0.3, 0.4) is 0 Å². The highest BCUT2D eigenvalue weighted by Crippen LogP contribution is 2.26. The summed E-state index contributed by atoms with van der Waals surface area (Å²) in [5.41, 5.74) is 0.988. The van der Waals surface area contributed by atoms with Crippen molar-refractivity contribution in [1.82, 2.24) is 5.32 Å². The molecule has 1 N–H and O–H groups in total. The van der Waals surface area contributed by atoms with Crippen LogP contribution in [0.15, 0.2) is 89.8 Å². The van der Waals surface area contributed by atoms with E-state index in [1.165, 1.54) is 36.4 Å². The number of hydrogen-bond acceptors (Lipinski definition) is 3. The minimum absolute atomic E-state index is 0.0109. The van der Waals surface area contributed by atoms with Crippen LogP contribution in [0.4, 0.5) is 10.1 Å². The van der Waals surface area contributed by atoms with Crippen LogP contribution in [0, 0.1) is 5.82 Å². The molecule has 7 heteroatoms. The molecule has 0 fully saturated rings. The van der Waals surface area contributed by atoms with E-state index in [1.54, 1.807) is 18.2 Å². The zero-order chi connectivity index (χ0) is 22.3. The average Bonchev–Trinajstić information content (AvgIpc) is 2.78. The molecular weight excluding hydrogens is 415 g/mol. The number of rotatable bonds is 9. The van der Waals surface area contributed by atoms with Gasteiger partial charge in [0.2, 0.25) is 5.91 Å². The van der Waals surface area contributed by atoms with Gasteiger partial charge >= 0.3 is 0 Å². The third-order valence-electron chi connectivity index (χ3n) is 4.86. The maximum absolute atomic E-state index is 14.5. The van der Waals surface area contributed by atoms with Gasteiger partial charge in [-0.05, 0) is 49.6 Å². The van der Waals surface area contributed by atoms with E-state index in [9.17, 15) is 17.6 Å². The van der Waals surface area contributed by atoms with Crippen molar-refractivity contribution >= 4 is 21.6 Å². The topological polar surface area (TPSA) is 66.5 Å². The monoisotopic (exact) mass is 440 g/mol. The van der Waals surface area contributed by atoms with Crippen LogP contribution in [0.5, 0.6) is 0 Å². The van der Waals surface area contributed by atoms with Gasteiger partial charge in [-0.1, -0.05) is 60.7 Å². The fourth-order valence-electron chi connectivity index (χ4n) is 3.22. The van der Waals surface area contributed by atoms with Crippen molar-refractivity contribution in [3.63, 3.8) is 0 Å². The number of carbonyl (C=O) groups excluding carboxylic acids is 1. The number of nitrogens with zero attached hydrogens (tertiary/aromatic N) is 1. The Morgan fingerprint density at radius 2 is 1.52 bits per heavy atom. The first-order valence-electron chi connectivity index (χ1n) is 10.0. The molecule has 0 aromatic heterocycles. The quantitative estimate of drug-likeness (QED) is 0.543. The van der Waals surface area contributed by atoms with E-state index in [0.717, 1.165) is 16.3 Å². The van der Waals surface area contributed by atoms with E-state index in [2.05, 4.69) is 5.32 Å². The molecule has 0 aliphatic rings. The SMILES string of the molecule is C[C@H](CCc1ccccc1)NC(=O)CN(c1ccccc1F)S(=O)(=O)c1ccccc1. The first-order valence-corrected chi connectivity index (χ1v) is 11.5. The Kier molecular flexibility index (Phi) is 7.41. The van der Waals surface area contributed by atoms with Gasteiger partial charge in [-0.3, -0.25) is 9.10 Å². The van der Waals surface area contributed by atoms with Gasteiger partial charge in [0.05, 0.1) is 10.6 Å². The van der Waals surface area contributed by atoms with Crippen LogP contribution in [-0.2, 0) is 21.2 Å². The van der Waals surface area contributed by atoms with Crippen LogP contribution < -0.4 is 9.62 Å². The number of amides is 1. The van der Waals surface area contributed by atoms with Gasteiger partial charge in [0, 0.05) is 6.04 Å². The first-order chi connectivity index (χ1) is 14.9. The highest BCUT2D eigenvalue weighted by Gasteiger charge is 2.29. The lowest BCUT2D eigenvalue weighted by atomic mass is 10.1. The molecule has 5 nitrogen and oxygen atoms in total. The highest BCUT2D eigenvalue weighted by molar-refractivity contribution is 7.92. The second-order valence-corrected chi connectivity index (χ2v) is 9.13. The number of halogens is 1. The van der Waals surface area contributed by atoms with Gasteiger partial charge in [-0.2, -0.15) is 0 Å². The van der Waals surface area contributed by atoms with Crippen molar-refractivity contribution < 1.29 is 17.6 Å². The molecule has 0 radical (unpaired) electrons. The summed E-state index contributed by atoms with van der Waals surface area (Å²) in [5.74, 6) is -1.21. The standard InChI is InChI=1S/C24H25FN2O3S/c1-19(16-17-20-10-4-2-5-11-20)26-24(28)18-27(23-15-9-8-14-22(23)25)31(29,30)21-12-6-3-7-13-21/h2-15,19H,16-18H2,1H3,(H,26,28)/t19-/m1/s1. The number of benzene rings is 3. The molecule has 0 saturated heterocycles. The number of nitrogens with one attached hydrogen (secondary N) is 1. The molecular formula is C24H25FN2O3S. The summed E-state index contributed by atoms with van der Waals surface area (Å²) < 4.78 is 41.7. The number of anilines is 1. The summed E-state index contributed by atoms with van der Waals surface area (Å²) in [6.45, 7) is 1.34. The van der Waals surface area contributed by atoms with Crippen molar-refractivity contribution in [2.45, 2.75) is 30.7 Å². The molecule has 0 unspecified atom stereocenters. The number of carbonyl (C=O) groups is 1. The molecule has 31 heavy (non-hydrogen) atoms. The predicted molar refractivity (Wildman–Crippen MR) is 120 cm³/mol. The van der Waals surface area contributed by atoms with E-state index in [-0.39, 0.29) is 16.6 Å². The Bertz CT molecular complexity index is 1110. The lowest BCUT2D eigenvalue weighted by molar-refractivity contribution is -0.120. The molecule has 0 heterocycles. The van der Waals surface area contributed by atoms with Crippen LogP contribution in [0.25, 0.3) is 0 Å². The van der Waals surface area contributed by atoms with E-state index < -0.39 is 28.3 Å². The smallest absolute Gasteiger partial charge is 0.264 e. The molecule has 0 aliphatic carbocycles. The van der Waals surface area contributed by atoms with Crippen molar-refractivity contribution in [2.24, 2.45) is 0 Å². The highest BCUT2D eigenvalue weighted by atomic mass is 32.2. The van der Waals surface area contributed by atoms with Crippen LogP contribution in [0.1, 0.15) is 18.9 Å². The number of hydrogen-bond donors (Lipinski definition) is 1. The Labute approximate surface area is 182 Å². The van der Waals surface area contributed by atoms with Crippen LogP contribution in [0.2, 0.25) is 0 Å². The molecule has 0 saturated carbocycles. The summed E-state index contributed by atoms with van der Waals surface area (Å²) in [5, 5.41) is 2.83. The maximum atomic E-state index is 14.5. The minimum Gasteiger partial charge on any atom is -0.352 e. The Morgan fingerprint density at radius 1 is 0.935 bits per heavy atom. The fraction of sp³-hybridized carbons (Fsp3) is 0.208. The second kappa shape index (κ2) is 10.2. The number of sulfonamides is 1. The summed E-state index contributed by atoms with van der Waals surface area (Å²) in [4.78, 5) is 12.7. The summed E-state index contributed by atoms with van der Waals surface area (Å²) in [6, 6.07) is 22.9. The van der Waals surface area contributed by atoms with Crippen molar-refractivity contribution in [3.8, 4) is 0 Å². The molecule has 0 bridgehead atoms. The summed E-state index contributed by atoms with van der Waals surface area (Å²) in [7, 11) is -4.13. The maximum Gasteiger partial charge on any atom is 0.264 e. The molecule has 0 aliphatic heterocycles. The van der Waals surface area contributed by atoms with Gasteiger partial charge in [0.1, 0.15) is 12.4 Å². The molecule has 1 amide bonds. The first kappa shape index (κ1) is 22.5. The zero-order valence-electron chi connectivity index (χ0n) is 17.2. The largest absolute Gasteiger partial charge is 0.352 e. The third kappa shape index (κ3) is 5.92. The van der Waals surface area contributed by atoms with Gasteiger partial charge in [-0.15, -0.1) is 0 Å². The van der Waals surface area contributed by atoms with Gasteiger partial charge in [0.25, 0.3) is 10.0 Å². The molecule has 162 valence electrons. The zero-order valence-corrected chi connectivity index (χ0v) is 18.1. The molecule has 3 aromatic rings. The Morgan fingerprint density at radius 3 is 2.16 bits per heavy atom. The van der Waals surface area contributed by atoms with E-state index in [4.69, 9.17) is 0 Å². The average molecular weight is 441 g/mol. The molecule has 1 atom stereocenters. The second-order valence-electron chi connectivity index (χ2n) is 7.27. The lowest BCUT2D eigenvalue weighted by Gasteiger charge is -2.25. The molecule has 3 aromatic carbocycles. The van der Waals surface area contributed by atoms with Crippen molar-refractivity contribution in [2.75, 3.05) is 10.8 Å².